The quantitative estimate of drug-likeness (QED) is 0.407. The van der Waals surface area contributed by atoms with Crippen LogP contribution in [0.3, 0.4) is 0 Å². The van der Waals surface area contributed by atoms with E-state index in [1.807, 2.05) is 0 Å². The topological polar surface area (TPSA) is 56.7 Å². The van der Waals surface area contributed by atoms with Crippen molar-refractivity contribution in [3.05, 3.63) is 0 Å². The van der Waals surface area contributed by atoms with Gasteiger partial charge in [-0.15, -0.1) is 0 Å². The smallest absolute Gasteiger partial charge is 0.243 e. The highest BCUT2D eigenvalue weighted by Crippen LogP contribution is 1.89. The van der Waals surface area contributed by atoms with Crippen molar-refractivity contribution < 1.29 is 4.79 Å². The van der Waals surface area contributed by atoms with Gasteiger partial charge in [0.05, 0.1) is 0 Å². The molecule has 0 aromatic carbocycles. The minimum atomic E-state index is 0.0103. The van der Waals surface area contributed by atoms with Crippen LogP contribution in [-0.2, 0) is 4.79 Å². The molecule has 0 fully saturated rings. The third-order valence-electron chi connectivity index (χ3n) is 2.37. The fourth-order valence-electron chi connectivity index (χ4n) is 1.15. The maximum absolute atomic E-state index is 11.5. The van der Waals surface area contributed by atoms with Crippen molar-refractivity contribution in [1.29, 1.82) is 0 Å². The Hall–Kier alpha value is -1.26. The summed E-state index contributed by atoms with van der Waals surface area (Å²) in [6, 6.07) is 0. The summed E-state index contributed by atoms with van der Waals surface area (Å²) in [5, 5.41) is 6.48. The van der Waals surface area contributed by atoms with E-state index in [2.05, 4.69) is 36.4 Å². The number of amides is 1. The summed E-state index contributed by atoms with van der Waals surface area (Å²) in [6.45, 7) is 8.36. The monoisotopic (exact) mass is 256 g/mol. The number of aliphatic imine (C=N–C) groups is 1. The predicted octanol–water partition coefficient (Wildman–Crippen LogP) is 1.07. The summed E-state index contributed by atoms with van der Waals surface area (Å²) in [5.74, 6) is 1.29. The van der Waals surface area contributed by atoms with E-state index in [0.717, 1.165) is 31.9 Å². The van der Waals surface area contributed by atoms with Crippen LogP contribution in [-0.4, -0.2) is 50.5 Å². The van der Waals surface area contributed by atoms with Gasteiger partial charge in [-0.05, 0) is 12.3 Å². The van der Waals surface area contributed by atoms with Crippen LogP contribution in [0.25, 0.3) is 0 Å². The summed E-state index contributed by atoms with van der Waals surface area (Å²) in [4.78, 5) is 17.3. The van der Waals surface area contributed by atoms with Gasteiger partial charge in [0.2, 0.25) is 5.91 Å². The Bertz CT molecular complexity index is 262. The van der Waals surface area contributed by atoms with E-state index in [0.29, 0.717) is 5.92 Å². The zero-order valence-corrected chi connectivity index (χ0v) is 12.4. The van der Waals surface area contributed by atoms with Crippen LogP contribution in [0.1, 0.15) is 33.6 Å². The van der Waals surface area contributed by atoms with Crippen LogP contribution in [0.5, 0.6) is 0 Å². The molecule has 0 atom stereocenters. The number of hydrogen-bond donors (Lipinski definition) is 2. The first-order chi connectivity index (χ1) is 8.47. The number of nitrogens with one attached hydrogen (secondary N) is 2. The summed E-state index contributed by atoms with van der Waals surface area (Å²) in [6.07, 6.45) is 2.24. The highest BCUT2D eigenvalue weighted by Gasteiger charge is 2.04. The highest BCUT2D eigenvalue weighted by atomic mass is 16.2. The number of guanidine groups is 1. The number of carbonyl (C=O) groups excluding carboxylic acids is 1. The molecule has 0 heterocycles. The van der Waals surface area contributed by atoms with Gasteiger partial charge in [-0.2, -0.15) is 0 Å². The summed E-state index contributed by atoms with van der Waals surface area (Å²) in [7, 11) is 3.48. The molecule has 106 valence electrons. The van der Waals surface area contributed by atoms with Crippen LogP contribution in [0, 0.1) is 5.92 Å². The Kier molecular flexibility index (Phi) is 9.06. The lowest BCUT2D eigenvalue weighted by Gasteiger charge is -2.14. The molecule has 1 amide bonds. The van der Waals surface area contributed by atoms with Gasteiger partial charge >= 0.3 is 0 Å². The summed E-state index contributed by atoms with van der Waals surface area (Å²) < 4.78 is 0. The molecule has 0 radical (unpaired) electrons. The van der Waals surface area contributed by atoms with Crippen LogP contribution >= 0.6 is 0 Å². The molecule has 5 nitrogen and oxygen atoms in total. The Balaban J connectivity index is 4.24. The molecule has 0 rings (SSSR count). The van der Waals surface area contributed by atoms with Crippen molar-refractivity contribution in [3.8, 4) is 0 Å². The van der Waals surface area contributed by atoms with E-state index in [9.17, 15) is 4.79 Å². The second-order valence-corrected chi connectivity index (χ2v) is 5.01. The number of likely N-dealkylation sites (N-methyl/N-ethyl adjacent to an activating group) is 1. The molecule has 2 N–H and O–H groups in total. The van der Waals surface area contributed by atoms with Crippen LogP contribution in [0.15, 0.2) is 4.99 Å². The molecular formula is C13H28N4O. The number of carbonyl (C=O) groups is 1. The third-order valence-corrected chi connectivity index (χ3v) is 2.37. The van der Waals surface area contributed by atoms with Crippen molar-refractivity contribution in [3.63, 3.8) is 0 Å². The van der Waals surface area contributed by atoms with Crippen molar-refractivity contribution >= 4 is 11.9 Å². The molecule has 0 unspecified atom stereocenters. The molecule has 18 heavy (non-hydrogen) atoms. The first-order valence-corrected chi connectivity index (χ1v) is 6.69. The Morgan fingerprint density at radius 1 is 1.28 bits per heavy atom. The minimum absolute atomic E-state index is 0.0103. The fraction of sp³-hybridized carbons (Fsp3) is 0.846. The van der Waals surface area contributed by atoms with Crippen LogP contribution in [0.2, 0.25) is 0 Å². The Morgan fingerprint density at radius 3 is 2.44 bits per heavy atom. The zero-order chi connectivity index (χ0) is 14.0. The normalized spacial score (nSPS) is 11.6. The molecule has 0 saturated heterocycles. The molecular weight excluding hydrogens is 228 g/mol. The van der Waals surface area contributed by atoms with Gasteiger partial charge in [-0.25, -0.2) is 4.99 Å². The van der Waals surface area contributed by atoms with Gasteiger partial charge in [0.25, 0.3) is 0 Å². The maximum atomic E-state index is 11.5. The molecule has 0 aliphatic rings. The average Bonchev–Trinajstić information content (AvgIpc) is 2.31. The van der Waals surface area contributed by atoms with Gasteiger partial charge in [-0.3, -0.25) is 4.79 Å². The Morgan fingerprint density at radius 2 is 1.94 bits per heavy atom. The standard InChI is InChI=1S/C13H28N4O/c1-6-7-8-14-13(15-9-11(2)3)16-10-12(18)17(4)5/h11H,6-10H2,1-5H3,(H2,14,15,16). The number of nitrogens with zero attached hydrogens (tertiary/aromatic N) is 2. The SMILES string of the molecule is CCCCNC(=NCC(=O)N(C)C)NCC(C)C. The largest absolute Gasteiger partial charge is 0.356 e. The van der Waals surface area contributed by atoms with E-state index in [1.165, 1.54) is 0 Å². The summed E-state index contributed by atoms with van der Waals surface area (Å²) >= 11 is 0. The van der Waals surface area contributed by atoms with Crippen LogP contribution in [0.4, 0.5) is 0 Å². The second-order valence-electron chi connectivity index (χ2n) is 5.01. The molecule has 0 spiro atoms. The predicted molar refractivity (Wildman–Crippen MR) is 76.7 cm³/mol. The molecule has 0 aromatic rings. The lowest BCUT2D eigenvalue weighted by molar-refractivity contribution is -0.127. The number of rotatable bonds is 7. The van der Waals surface area contributed by atoms with Gasteiger partial charge in [0.1, 0.15) is 6.54 Å². The molecule has 0 bridgehead atoms. The lowest BCUT2D eigenvalue weighted by Crippen LogP contribution is -2.40. The van der Waals surface area contributed by atoms with E-state index in [1.54, 1.807) is 19.0 Å². The molecule has 0 saturated carbocycles. The van der Waals surface area contributed by atoms with Crippen molar-refractivity contribution in [2.75, 3.05) is 33.7 Å². The highest BCUT2D eigenvalue weighted by molar-refractivity contribution is 5.84. The van der Waals surface area contributed by atoms with Gasteiger partial charge in [-0.1, -0.05) is 27.2 Å². The van der Waals surface area contributed by atoms with Crippen LogP contribution < -0.4 is 10.6 Å². The van der Waals surface area contributed by atoms with E-state index >= 15 is 0 Å². The zero-order valence-electron chi connectivity index (χ0n) is 12.4. The number of unbranched alkanes of at least 4 members (excludes halogenated alkanes) is 1. The van der Waals surface area contributed by atoms with E-state index in [4.69, 9.17) is 0 Å². The van der Waals surface area contributed by atoms with Gasteiger partial charge in [0.15, 0.2) is 5.96 Å². The van der Waals surface area contributed by atoms with E-state index < -0.39 is 0 Å². The Labute approximate surface area is 111 Å². The third kappa shape index (κ3) is 8.84. The summed E-state index contributed by atoms with van der Waals surface area (Å²) in [5.41, 5.74) is 0. The first kappa shape index (κ1) is 16.7. The fourth-order valence-corrected chi connectivity index (χ4v) is 1.15. The molecule has 5 heteroatoms. The van der Waals surface area contributed by atoms with Crippen molar-refractivity contribution in [1.82, 2.24) is 15.5 Å². The minimum Gasteiger partial charge on any atom is -0.356 e. The first-order valence-electron chi connectivity index (χ1n) is 6.69. The second kappa shape index (κ2) is 9.74. The average molecular weight is 256 g/mol. The van der Waals surface area contributed by atoms with E-state index in [-0.39, 0.29) is 12.5 Å². The molecule has 0 aliphatic heterocycles. The van der Waals surface area contributed by atoms with Crippen molar-refractivity contribution in [2.24, 2.45) is 10.9 Å². The van der Waals surface area contributed by atoms with Crippen molar-refractivity contribution in [2.45, 2.75) is 33.6 Å². The molecule has 0 aliphatic carbocycles. The maximum Gasteiger partial charge on any atom is 0.243 e. The molecule has 0 aromatic heterocycles. The van der Waals surface area contributed by atoms with Gasteiger partial charge < -0.3 is 15.5 Å². The number of hydrogen-bond acceptors (Lipinski definition) is 2. The lowest BCUT2D eigenvalue weighted by atomic mass is 10.2. The van der Waals surface area contributed by atoms with Gasteiger partial charge in [0, 0.05) is 27.2 Å².